The molecule has 0 bridgehead atoms. The molecule has 1 unspecified atom stereocenters. The molecule has 1 aromatic heterocycles. The Balaban J connectivity index is 2.13. The molecule has 1 atom stereocenters. The van der Waals surface area contributed by atoms with Crippen LogP contribution in [-0.4, -0.2) is 37.9 Å². The summed E-state index contributed by atoms with van der Waals surface area (Å²) >= 11 is 1.24. The number of nitrogens with zero attached hydrogens (tertiary/aromatic N) is 3. The van der Waals surface area contributed by atoms with Gasteiger partial charge < -0.3 is 5.11 Å². The van der Waals surface area contributed by atoms with Crippen LogP contribution in [0.1, 0.15) is 5.56 Å². The molecule has 2 rings (SSSR count). The second kappa shape index (κ2) is 3.75. The van der Waals surface area contributed by atoms with E-state index in [1.165, 1.54) is 18.1 Å². The number of rotatable bonds is 2. The van der Waals surface area contributed by atoms with Crippen molar-refractivity contribution in [3.8, 4) is 0 Å². The Morgan fingerprint density at radius 2 is 2.21 bits per heavy atom. The van der Waals surface area contributed by atoms with Crippen LogP contribution in [0.4, 0.5) is 0 Å². The number of hydrogen-bond acceptors (Lipinski definition) is 5. The number of carbonyl (C=O) groups is 1. The Bertz CT molecular complexity index is 379. The zero-order valence-electron chi connectivity index (χ0n) is 7.12. The van der Waals surface area contributed by atoms with E-state index < -0.39 is 11.2 Å². The lowest BCUT2D eigenvalue weighted by molar-refractivity contribution is -0.136. The van der Waals surface area contributed by atoms with Crippen molar-refractivity contribution < 1.29 is 9.90 Å². The summed E-state index contributed by atoms with van der Waals surface area (Å²) in [6.07, 6.45) is 4.69. The summed E-state index contributed by atoms with van der Waals surface area (Å²) in [6.45, 7) is 0.324. The molecule has 0 spiro atoms. The summed E-state index contributed by atoms with van der Waals surface area (Å²) in [4.78, 5) is 22.5. The fourth-order valence-corrected chi connectivity index (χ4v) is 1.98. The highest BCUT2D eigenvalue weighted by Gasteiger charge is 2.26. The molecule has 1 aromatic rings. The highest BCUT2D eigenvalue weighted by atomic mass is 32.2. The van der Waals surface area contributed by atoms with Gasteiger partial charge in [0.15, 0.2) is 0 Å². The molecule has 5 nitrogen and oxygen atoms in total. The van der Waals surface area contributed by atoms with Crippen LogP contribution in [0.5, 0.6) is 0 Å². The van der Waals surface area contributed by atoms with Gasteiger partial charge in [-0.05, 0) is 0 Å². The Labute approximate surface area is 84.3 Å². The molecule has 0 aliphatic carbocycles. The fourth-order valence-electron chi connectivity index (χ4n) is 1.07. The van der Waals surface area contributed by atoms with Gasteiger partial charge in [-0.25, -0.2) is 9.97 Å². The molecule has 72 valence electrons. The maximum atomic E-state index is 10.7. The highest BCUT2D eigenvalue weighted by molar-refractivity contribution is 8.15. The summed E-state index contributed by atoms with van der Waals surface area (Å²) in [6, 6.07) is 0. The molecule has 1 aliphatic heterocycles. The standard InChI is InChI=1S/C8H7N3O2S/c12-8(13)6-3-11-7(14-6)5-1-9-4-10-2-5/h1-2,4,6H,3H2,(H,12,13). The maximum absolute atomic E-state index is 10.7. The molecule has 0 saturated heterocycles. The van der Waals surface area contributed by atoms with E-state index in [-0.39, 0.29) is 0 Å². The van der Waals surface area contributed by atoms with E-state index >= 15 is 0 Å². The van der Waals surface area contributed by atoms with Gasteiger partial charge in [-0.3, -0.25) is 9.79 Å². The van der Waals surface area contributed by atoms with Crippen molar-refractivity contribution in [3.63, 3.8) is 0 Å². The second-order valence-electron chi connectivity index (χ2n) is 2.72. The fraction of sp³-hybridized carbons (Fsp3) is 0.250. The van der Waals surface area contributed by atoms with Crippen LogP contribution < -0.4 is 0 Å². The summed E-state index contributed by atoms with van der Waals surface area (Å²) in [5.74, 6) is -0.828. The second-order valence-corrected chi connectivity index (χ2v) is 3.91. The Hall–Kier alpha value is -1.43. The SMILES string of the molecule is O=C(O)C1CN=C(c2cncnc2)S1. The van der Waals surface area contributed by atoms with Gasteiger partial charge >= 0.3 is 5.97 Å². The van der Waals surface area contributed by atoms with Gasteiger partial charge in [-0.15, -0.1) is 0 Å². The van der Waals surface area contributed by atoms with Crippen molar-refractivity contribution in [1.82, 2.24) is 9.97 Å². The largest absolute Gasteiger partial charge is 0.480 e. The zero-order chi connectivity index (χ0) is 9.97. The summed E-state index contributed by atoms with van der Waals surface area (Å²) in [7, 11) is 0. The van der Waals surface area contributed by atoms with Gasteiger partial charge in [-0.2, -0.15) is 0 Å². The van der Waals surface area contributed by atoms with Crippen molar-refractivity contribution in [2.24, 2.45) is 4.99 Å². The topological polar surface area (TPSA) is 75.4 Å². The predicted octanol–water partition coefficient (Wildman–Crippen LogP) is 0.423. The molecule has 1 N–H and O–H groups in total. The molecule has 0 amide bonds. The van der Waals surface area contributed by atoms with Crippen LogP contribution in [0.3, 0.4) is 0 Å². The molecule has 0 fully saturated rings. The highest BCUT2D eigenvalue weighted by Crippen LogP contribution is 2.24. The van der Waals surface area contributed by atoms with Gasteiger partial charge in [0.1, 0.15) is 16.6 Å². The molecule has 0 radical (unpaired) electrons. The molecule has 14 heavy (non-hydrogen) atoms. The minimum absolute atomic E-state index is 0.324. The number of hydrogen-bond donors (Lipinski definition) is 1. The van der Waals surface area contributed by atoms with Crippen LogP contribution in [0.2, 0.25) is 0 Å². The van der Waals surface area contributed by atoms with E-state index in [1.54, 1.807) is 12.4 Å². The number of thioether (sulfide) groups is 1. The third-order valence-electron chi connectivity index (χ3n) is 1.74. The third kappa shape index (κ3) is 1.74. The van der Waals surface area contributed by atoms with Crippen LogP contribution in [0.25, 0.3) is 0 Å². The lowest BCUT2D eigenvalue weighted by atomic mass is 10.4. The quantitative estimate of drug-likeness (QED) is 0.764. The minimum Gasteiger partial charge on any atom is -0.480 e. The normalized spacial score (nSPS) is 20.6. The van der Waals surface area contributed by atoms with E-state index in [4.69, 9.17) is 5.11 Å². The van der Waals surface area contributed by atoms with Crippen molar-refractivity contribution in [2.45, 2.75) is 5.25 Å². The monoisotopic (exact) mass is 209 g/mol. The number of aromatic nitrogens is 2. The van der Waals surface area contributed by atoms with E-state index in [0.29, 0.717) is 11.6 Å². The first kappa shape index (κ1) is 9.14. The van der Waals surface area contributed by atoms with E-state index in [0.717, 1.165) is 5.56 Å². The smallest absolute Gasteiger partial charge is 0.318 e. The molecule has 0 aromatic carbocycles. The van der Waals surface area contributed by atoms with Crippen LogP contribution >= 0.6 is 11.8 Å². The first-order valence-corrected chi connectivity index (χ1v) is 4.84. The van der Waals surface area contributed by atoms with Crippen molar-refractivity contribution in [1.29, 1.82) is 0 Å². The average Bonchev–Trinajstić information content (AvgIpc) is 2.68. The maximum Gasteiger partial charge on any atom is 0.318 e. The lowest BCUT2D eigenvalue weighted by Crippen LogP contribution is -2.16. The first-order valence-electron chi connectivity index (χ1n) is 3.96. The van der Waals surface area contributed by atoms with Gasteiger partial charge in [0.05, 0.1) is 6.54 Å². The Morgan fingerprint density at radius 3 is 2.79 bits per heavy atom. The van der Waals surface area contributed by atoms with Gasteiger partial charge in [-0.1, -0.05) is 11.8 Å². The molecule has 0 saturated carbocycles. The lowest BCUT2D eigenvalue weighted by Gasteiger charge is -2.00. The van der Waals surface area contributed by atoms with Crippen LogP contribution in [0.15, 0.2) is 23.7 Å². The first-order chi connectivity index (χ1) is 6.77. The Kier molecular flexibility index (Phi) is 2.45. The van der Waals surface area contributed by atoms with Crippen molar-refractivity contribution >= 4 is 22.8 Å². The molecule has 2 heterocycles. The van der Waals surface area contributed by atoms with Gasteiger partial charge in [0.2, 0.25) is 0 Å². The van der Waals surface area contributed by atoms with Gasteiger partial charge in [0.25, 0.3) is 0 Å². The molecule has 1 aliphatic rings. The van der Waals surface area contributed by atoms with E-state index in [9.17, 15) is 4.79 Å². The average molecular weight is 209 g/mol. The summed E-state index contributed by atoms with van der Waals surface area (Å²) < 4.78 is 0. The van der Waals surface area contributed by atoms with Gasteiger partial charge in [0, 0.05) is 18.0 Å². The van der Waals surface area contributed by atoms with Crippen molar-refractivity contribution in [2.75, 3.05) is 6.54 Å². The predicted molar refractivity (Wildman–Crippen MR) is 52.5 cm³/mol. The number of carboxylic acids is 1. The summed E-state index contributed by atoms with van der Waals surface area (Å²) in [5.41, 5.74) is 0.779. The zero-order valence-corrected chi connectivity index (χ0v) is 7.94. The third-order valence-corrected chi connectivity index (χ3v) is 2.96. The molecular formula is C8H7N3O2S. The minimum atomic E-state index is -0.828. The van der Waals surface area contributed by atoms with Crippen LogP contribution in [0, 0.1) is 0 Å². The Morgan fingerprint density at radius 1 is 1.50 bits per heavy atom. The summed E-state index contributed by atoms with van der Waals surface area (Å²) in [5, 5.41) is 8.99. The molecular weight excluding hydrogens is 202 g/mol. The molecule has 6 heteroatoms. The number of carboxylic acid groups (broad SMARTS) is 1. The van der Waals surface area contributed by atoms with Crippen molar-refractivity contribution in [3.05, 3.63) is 24.3 Å². The number of aliphatic imine (C=N–C) groups is 1. The van der Waals surface area contributed by atoms with E-state index in [1.807, 2.05) is 0 Å². The van der Waals surface area contributed by atoms with Crippen LogP contribution in [-0.2, 0) is 4.79 Å². The number of aliphatic carboxylic acids is 1. The van der Waals surface area contributed by atoms with E-state index in [2.05, 4.69) is 15.0 Å².